The number of carbonyl (C=O) groups is 8. The van der Waals surface area contributed by atoms with E-state index in [0.29, 0.717) is 6.42 Å². The van der Waals surface area contributed by atoms with Crippen LogP contribution in [0.4, 0.5) is 0 Å². The van der Waals surface area contributed by atoms with Gasteiger partial charge in [-0.15, -0.1) is 0 Å². The van der Waals surface area contributed by atoms with E-state index in [2.05, 4.69) is 12.2 Å². The van der Waals surface area contributed by atoms with Gasteiger partial charge < -0.3 is 52.7 Å². The first-order valence-corrected chi connectivity index (χ1v) is 18.9. The summed E-state index contributed by atoms with van der Waals surface area (Å²) in [5.41, 5.74) is 0. The van der Waals surface area contributed by atoms with Crippen LogP contribution in [0.3, 0.4) is 0 Å². The fourth-order valence-electron chi connectivity index (χ4n) is 6.35. The lowest BCUT2D eigenvalue weighted by Gasteiger charge is -2.48. The van der Waals surface area contributed by atoms with Crippen molar-refractivity contribution < 1.29 is 89.8 Å². The van der Waals surface area contributed by atoms with Crippen LogP contribution in [0.1, 0.15) is 124 Å². The van der Waals surface area contributed by atoms with Crippen molar-refractivity contribution in [3.63, 3.8) is 0 Å². The normalized spacial score (nSPS) is 27.6. The Morgan fingerprint density at radius 1 is 0.509 bits per heavy atom. The minimum atomic E-state index is -1.93. The predicted octanol–water partition coefficient (Wildman–Crippen LogP) is 2.64. The van der Waals surface area contributed by atoms with Crippen molar-refractivity contribution in [2.45, 2.75) is 181 Å². The molecule has 2 fully saturated rings. The summed E-state index contributed by atoms with van der Waals surface area (Å²) < 4.78 is 78.9. The molecule has 10 atom stereocenters. The summed E-state index contributed by atoms with van der Waals surface area (Å²) in [6.07, 6.45) is -8.41. The zero-order chi connectivity index (χ0) is 44.8. The van der Waals surface area contributed by atoms with Crippen molar-refractivity contribution in [2.75, 3.05) is 13.2 Å². The minimum Gasteiger partial charge on any atom is -0.463 e. The first-order valence-electron chi connectivity index (χ1n) is 21.0. The van der Waals surface area contributed by atoms with Crippen LogP contribution in [0.15, 0.2) is 0 Å². The van der Waals surface area contributed by atoms with Gasteiger partial charge in [0, 0.05) is 58.9 Å². The fourth-order valence-corrected chi connectivity index (χ4v) is 6.35. The molecule has 1 unspecified atom stereocenters. The number of hydrogen-bond donors (Lipinski definition) is 1. The molecule has 1 amide bonds. The zero-order valence-corrected chi connectivity index (χ0v) is 33.2. The maximum Gasteiger partial charge on any atom is 0.303 e. The second-order valence-electron chi connectivity index (χ2n) is 13.5. The van der Waals surface area contributed by atoms with E-state index in [1.165, 1.54) is 12.8 Å². The van der Waals surface area contributed by atoms with E-state index >= 15 is 0 Å². The Hall–Kier alpha value is -4.36. The Kier molecular flexibility index (Phi) is 19.3. The van der Waals surface area contributed by atoms with E-state index in [-0.39, 0.29) is 6.42 Å². The van der Waals surface area contributed by atoms with Crippen molar-refractivity contribution in [3.8, 4) is 0 Å². The minimum absolute atomic E-state index is 0.00907. The maximum absolute atomic E-state index is 13.3. The molecule has 0 saturated carbocycles. The van der Waals surface area contributed by atoms with Gasteiger partial charge in [-0.05, 0) is 6.42 Å². The Morgan fingerprint density at radius 2 is 0.965 bits per heavy atom. The van der Waals surface area contributed by atoms with Gasteiger partial charge in [0.1, 0.15) is 31.5 Å². The van der Waals surface area contributed by atoms with Crippen LogP contribution in [0.2, 0.25) is 0 Å². The molecule has 1 N–H and O–H groups in total. The third-order valence-electron chi connectivity index (χ3n) is 8.63. The molecule has 19 nitrogen and oxygen atoms in total. The van der Waals surface area contributed by atoms with E-state index in [0.717, 1.165) is 66.2 Å². The summed E-state index contributed by atoms with van der Waals surface area (Å²) in [6, 6.07) is 0. The molecule has 0 aromatic carbocycles. The number of nitrogens with one attached hydrogen (secondary N) is 1. The van der Waals surface area contributed by atoms with Gasteiger partial charge in [-0.25, -0.2) is 0 Å². The molecule has 2 aliphatic heterocycles. The van der Waals surface area contributed by atoms with Crippen LogP contribution >= 0.6 is 0 Å². The van der Waals surface area contributed by atoms with Crippen molar-refractivity contribution in [2.24, 2.45) is 0 Å². The van der Waals surface area contributed by atoms with E-state index in [1.54, 1.807) is 0 Å². The van der Waals surface area contributed by atoms with Gasteiger partial charge in [0.15, 0.2) is 43.0 Å². The highest BCUT2D eigenvalue weighted by molar-refractivity contribution is 5.76. The van der Waals surface area contributed by atoms with Crippen molar-refractivity contribution in [1.82, 2.24) is 5.32 Å². The van der Waals surface area contributed by atoms with Crippen LogP contribution in [0.25, 0.3) is 0 Å². The molecule has 0 spiro atoms. The molecule has 324 valence electrons. The number of amides is 1. The van der Waals surface area contributed by atoms with Gasteiger partial charge in [-0.1, -0.05) is 58.3 Å². The van der Waals surface area contributed by atoms with Gasteiger partial charge >= 0.3 is 41.8 Å². The molecule has 0 aliphatic carbocycles. The van der Waals surface area contributed by atoms with Crippen LogP contribution in [-0.2, 0) is 85.7 Å². The number of esters is 7. The van der Waals surface area contributed by atoms with Gasteiger partial charge in [0.2, 0.25) is 5.91 Å². The number of carbonyl (C=O) groups excluding carboxylic acids is 8. The molecule has 2 aliphatic rings. The molecule has 2 saturated heterocycles. The summed E-state index contributed by atoms with van der Waals surface area (Å²) in [7, 11) is 0. The Morgan fingerprint density at radius 3 is 1.51 bits per heavy atom. The van der Waals surface area contributed by atoms with Crippen LogP contribution < -0.4 is 5.32 Å². The molecule has 0 aromatic heterocycles. The molecule has 0 radical (unpaired) electrons. The number of unbranched alkanes of at least 4 members (excludes halogenated alkanes) is 8. The molecular formula is C38H59NO18. The first-order chi connectivity index (χ1) is 28.5. The Bertz CT molecular complexity index is 1440. The molecule has 0 aromatic rings. The number of rotatable bonds is 22. The topological polar surface area (TPSA) is 241 Å². The Labute approximate surface area is 336 Å². The van der Waals surface area contributed by atoms with Crippen LogP contribution in [0.5, 0.6) is 0 Å². The molecule has 2 heterocycles. The van der Waals surface area contributed by atoms with Gasteiger partial charge in [0.05, 0.1) is 0 Å². The van der Waals surface area contributed by atoms with Crippen molar-refractivity contribution in [1.29, 1.82) is 0 Å². The molecule has 19 heteroatoms. The monoisotopic (exact) mass is 820 g/mol. The average Bonchev–Trinajstić information content (AvgIpc) is 3.18. The summed E-state index contributed by atoms with van der Waals surface area (Å²) in [5.74, 6) is -7.62. The van der Waals surface area contributed by atoms with Gasteiger partial charge in [-0.2, -0.15) is 0 Å². The molecule has 0 bridgehead atoms. The van der Waals surface area contributed by atoms with Crippen molar-refractivity contribution >= 4 is 47.7 Å². The largest absolute Gasteiger partial charge is 0.463 e. The van der Waals surface area contributed by atoms with Gasteiger partial charge in [0.25, 0.3) is 0 Å². The summed E-state index contributed by atoms with van der Waals surface area (Å²) in [4.78, 5) is 100. The lowest BCUT2D eigenvalue weighted by molar-refractivity contribution is -0.345. The number of hydrogen-bond acceptors (Lipinski definition) is 18. The lowest BCUT2D eigenvalue weighted by Crippen LogP contribution is -2.68. The number of ether oxygens (including phenoxy) is 10. The smallest absolute Gasteiger partial charge is 0.303 e. The van der Waals surface area contributed by atoms with E-state index in [4.69, 9.17) is 51.5 Å². The summed E-state index contributed by atoms with van der Waals surface area (Å²) >= 11 is 0. The van der Waals surface area contributed by atoms with Crippen molar-refractivity contribution in [3.05, 3.63) is 0 Å². The van der Waals surface area contributed by atoms with E-state index in [1.807, 2.05) is 0 Å². The van der Waals surface area contributed by atoms with Gasteiger partial charge in [-0.3, -0.25) is 38.4 Å². The first kappa shape index (κ1) is 43.8. The van der Waals surface area contributed by atoms with Crippen LogP contribution in [-0.4, -0.2) is 122 Å². The third-order valence-corrected chi connectivity index (χ3v) is 8.63. The quantitative estimate of drug-likeness (QED) is 0.0938. The highest BCUT2D eigenvalue weighted by Gasteiger charge is 2.57. The second kappa shape index (κ2) is 25.1. The van der Waals surface area contributed by atoms with E-state index < -0.39 is 143 Å². The summed E-state index contributed by atoms with van der Waals surface area (Å²) in [5, 5.41) is 2.60. The molecule has 2 rings (SSSR count). The van der Waals surface area contributed by atoms with E-state index in [9.17, 15) is 38.4 Å². The Balaban J connectivity index is 2.62. The van der Waals surface area contributed by atoms with Crippen LogP contribution in [0, 0.1) is 0 Å². The standard InChI is InChI=1S/C38H59NO18/c1-9-10-11-12-13-14-15-16-17-18-30(47)39-37-35(53-26(7)45)33(51-24(5)43)32(28(55-37)19-48-21(2)40)57-38-36(54-27(8)46)34(52-25(6)44)31(50-23(4)42)29(56-38)20-49-22(3)41/h28-29,31-38H,9-20H2,1-8H3,(H,39,47)/t28-,29-,31-,32-,33+,34+,35+,36+,37?,38+/m1/s1/i2D,5D,7D. The maximum atomic E-state index is 13.3. The lowest BCUT2D eigenvalue weighted by atomic mass is 9.95. The third kappa shape index (κ3) is 17.8. The second-order valence-corrected chi connectivity index (χ2v) is 13.5. The highest BCUT2D eigenvalue weighted by atomic mass is 16.8. The average molecular weight is 821 g/mol. The fraction of sp³-hybridized carbons (Fsp3) is 0.789. The summed E-state index contributed by atoms with van der Waals surface area (Å²) in [6.45, 7) is 2.07. The molecular weight excluding hydrogens is 758 g/mol. The SMILES string of the molecule is [2H]CC(=O)OC[C@H]1OC(NC(=O)CCCCCCCCCCC)[C@@H](OC(=O)C[2H])[C@@H](OC(=O)C[2H])[C@@H]1O[C@@H]1O[C@H](COC(C)=O)[C@@H](OC(C)=O)[C@H](OC(C)=O)[C@@H]1OC(C)=O. The molecule has 57 heavy (non-hydrogen) atoms. The zero-order valence-electron chi connectivity index (χ0n) is 36.2. The predicted molar refractivity (Wildman–Crippen MR) is 193 cm³/mol. The highest BCUT2D eigenvalue weighted by Crippen LogP contribution is 2.35.